The van der Waals surface area contributed by atoms with Crippen LogP contribution in [-0.4, -0.2) is 24.0 Å². The van der Waals surface area contributed by atoms with Gasteiger partial charge in [0.25, 0.3) is 0 Å². The lowest BCUT2D eigenvalue weighted by molar-refractivity contribution is 0.247. The molecular formula is C14H21BrN2. The summed E-state index contributed by atoms with van der Waals surface area (Å²) in [6.07, 6.45) is 2.29. The topological polar surface area (TPSA) is 29.3 Å². The van der Waals surface area contributed by atoms with Crippen LogP contribution in [0.3, 0.4) is 0 Å². The summed E-state index contributed by atoms with van der Waals surface area (Å²) < 4.78 is 1.20. The van der Waals surface area contributed by atoms with Crippen LogP contribution in [0.25, 0.3) is 0 Å². The number of halogens is 1. The molecule has 0 radical (unpaired) electrons. The molecule has 2 atom stereocenters. The van der Waals surface area contributed by atoms with Crippen molar-refractivity contribution in [1.82, 2.24) is 4.90 Å². The summed E-state index contributed by atoms with van der Waals surface area (Å²) >= 11 is 3.68. The Kier molecular flexibility index (Phi) is 4.23. The van der Waals surface area contributed by atoms with Crippen LogP contribution in [0.4, 0.5) is 0 Å². The molecule has 0 bridgehead atoms. The summed E-state index contributed by atoms with van der Waals surface area (Å²) in [5, 5.41) is 0. The predicted molar refractivity (Wildman–Crippen MR) is 76.1 cm³/mol. The molecule has 1 aromatic rings. The van der Waals surface area contributed by atoms with E-state index in [2.05, 4.69) is 52.9 Å². The van der Waals surface area contributed by atoms with Crippen molar-refractivity contribution in [3.63, 3.8) is 0 Å². The summed E-state index contributed by atoms with van der Waals surface area (Å²) in [7, 11) is 0. The van der Waals surface area contributed by atoms with E-state index in [1.165, 1.54) is 22.0 Å². The minimum Gasteiger partial charge on any atom is -0.326 e. The first-order valence-electron chi connectivity index (χ1n) is 6.39. The van der Waals surface area contributed by atoms with Crippen molar-refractivity contribution in [3.05, 3.63) is 33.8 Å². The highest BCUT2D eigenvalue weighted by Crippen LogP contribution is 2.35. The highest BCUT2D eigenvalue weighted by molar-refractivity contribution is 9.10. The molecule has 2 unspecified atom stereocenters. The van der Waals surface area contributed by atoms with Crippen LogP contribution in [0.15, 0.2) is 22.7 Å². The van der Waals surface area contributed by atoms with Gasteiger partial charge in [0.2, 0.25) is 0 Å². The van der Waals surface area contributed by atoms with Crippen LogP contribution in [0.5, 0.6) is 0 Å². The van der Waals surface area contributed by atoms with Crippen LogP contribution >= 0.6 is 15.9 Å². The first kappa shape index (κ1) is 13.1. The van der Waals surface area contributed by atoms with Gasteiger partial charge in [-0.3, -0.25) is 4.90 Å². The molecular weight excluding hydrogens is 276 g/mol. The molecule has 1 aliphatic heterocycles. The Hall–Kier alpha value is -0.380. The fourth-order valence-electron chi connectivity index (χ4n) is 2.72. The van der Waals surface area contributed by atoms with E-state index in [1.54, 1.807) is 0 Å². The number of nitrogens with zero attached hydrogens (tertiary/aromatic N) is 1. The molecule has 94 valence electrons. The largest absolute Gasteiger partial charge is 0.326 e. The van der Waals surface area contributed by atoms with Crippen molar-refractivity contribution in [3.8, 4) is 0 Å². The van der Waals surface area contributed by atoms with Gasteiger partial charge in [-0.2, -0.15) is 0 Å². The smallest absolute Gasteiger partial charge is 0.0510 e. The number of benzene rings is 1. The van der Waals surface area contributed by atoms with Crippen molar-refractivity contribution in [2.24, 2.45) is 5.73 Å². The van der Waals surface area contributed by atoms with E-state index in [-0.39, 0.29) is 6.04 Å². The highest BCUT2D eigenvalue weighted by atomic mass is 79.9. The summed E-state index contributed by atoms with van der Waals surface area (Å²) in [5.41, 5.74) is 8.90. The fourth-order valence-corrected chi connectivity index (χ4v) is 3.45. The zero-order chi connectivity index (χ0) is 12.4. The van der Waals surface area contributed by atoms with E-state index in [4.69, 9.17) is 5.73 Å². The van der Waals surface area contributed by atoms with E-state index in [9.17, 15) is 0 Å². The molecule has 2 nitrogen and oxygen atoms in total. The third-order valence-electron chi connectivity index (χ3n) is 3.53. The summed E-state index contributed by atoms with van der Waals surface area (Å²) in [4.78, 5) is 2.51. The van der Waals surface area contributed by atoms with Crippen molar-refractivity contribution in [2.45, 2.75) is 38.8 Å². The van der Waals surface area contributed by atoms with Gasteiger partial charge < -0.3 is 5.73 Å². The van der Waals surface area contributed by atoms with Gasteiger partial charge >= 0.3 is 0 Å². The maximum atomic E-state index is 6.28. The summed E-state index contributed by atoms with van der Waals surface area (Å²) in [6.45, 7) is 6.61. The minimum atomic E-state index is 0.264. The van der Waals surface area contributed by atoms with Gasteiger partial charge in [0.05, 0.1) is 6.04 Å². The molecule has 0 spiro atoms. The number of likely N-dealkylation sites (tertiary alicyclic amines) is 1. The lowest BCUT2D eigenvalue weighted by atomic mass is 9.99. The first-order chi connectivity index (χ1) is 8.13. The molecule has 3 heteroatoms. The average molecular weight is 297 g/mol. The maximum Gasteiger partial charge on any atom is 0.0510 e. The Morgan fingerprint density at radius 1 is 1.47 bits per heavy atom. The Morgan fingerprint density at radius 2 is 2.24 bits per heavy atom. The SMILES string of the molecule is CCCN1CCC(N)C1c1ccc(C)cc1Br. The molecule has 1 saturated heterocycles. The lowest BCUT2D eigenvalue weighted by Gasteiger charge is -2.27. The third kappa shape index (κ3) is 2.72. The number of hydrogen-bond acceptors (Lipinski definition) is 2. The number of rotatable bonds is 3. The monoisotopic (exact) mass is 296 g/mol. The Bertz CT molecular complexity index is 390. The van der Waals surface area contributed by atoms with Gasteiger partial charge in [-0.05, 0) is 43.5 Å². The molecule has 1 heterocycles. The van der Waals surface area contributed by atoms with E-state index in [1.807, 2.05) is 0 Å². The molecule has 1 aromatic carbocycles. The van der Waals surface area contributed by atoms with Crippen LogP contribution in [-0.2, 0) is 0 Å². The summed E-state index contributed by atoms with van der Waals surface area (Å²) in [6, 6.07) is 7.22. The molecule has 17 heavy (non-hydrogen) atoms. The van der Waals surface area contributed by atoms with Gasteiger partial charge in [0, 0.05) is 17.1 Å². The number of hydrogen-bond donors (Lipinski definition) is 1. The van der Waals surface area contributed by atoms with Crippen LogP contribution < -0.4 is 5.73 Å². The molecule has 2 rings (SSSR count). The Labute approximate surface area is 112 Å². The molecule has 0 saturated carbocycles. The highest BCUT2D eigenvalue weighted by Gasteiger charge is 2.33. The Morgan fingerprint density at radius 3 is 2.88 bits per heavy atom. The van der Waals surface area contributed by atoms with Crippen LogP contribution in [0.1, 0.15) is 36.9 Å². The fraction of sp³-hybridized carbons (Fsp3) is 0.571. The predicted octanol–water partition coefficient (Wildman–Crippen LogP) is 3.24. The second-order valence-corrected chi connectivity index (χ2v) is 5.81. The van der Waals surface area contributed by atoms with E-state index < -0.39 is 0 Å². The molecule has 1 aliphatic rings. The lowest BCUT2D eigenvalue weighted by Crippen LogP contribution is -2.32. The van der Waals surface area contributed by atoms with Crippen molar-refractivity contribution in [1.29, 1.82) is 0 Å². The molecule has 2 N–H and O–H groups in total. The summed E-state index contributed by atoms with van der Waals surface area (Å²) in [5.74, 6) is 0. The average Bonchev–Trinajstić information content (AvgIpc) is 2.62. The second-order valence-electron chi connectivity index (χ2n) is 4.96. The van der Waals surface area contributed by atoms with Crippen molar-refractivity contribution < 1.29 is 0 Å². The van der Waals surface area contributed by atoms with E-state index >= 15 is 0 Å². The zero-order valence-electron chi connectivity index (χ0n) is 10.6. The van der Waals surface area contributed by atoms with E-state index in [0.29, 0.717) is 6.04 Å². The minimum absolute atomic E-state index is 0.264. The number of nitrogens with two attached hydrogens (primary N) is 1. The van der Waals surface area contributed by atoms with Gasteiger partial charge in [0.15, 0.2) is 0 Å². The van der Waals surface area contributed by atoms with Crippen LogP contribution in [0, 0.1) is 6.92 Å². The maximum absolute atomic E-state index is 6.28. The first-order valence-corrected chi connectivity index (χ1v) is 7.18. The van der Waals surface area contributed by atoms with E-state index in [0.717, 1.165) is 19.5 Å². The molecule has 1 fully saturated rings. The van der Waals surface area contributed by atoms with Gasteiger partial charge in [-0.15, -0.1) is 0 Å². The van der Waals surface area contributed by atoms with Gasteiger partial charge in [0.1, 0.15) is 0 Å². The van der Waals surface area contributed by atoms with Crippen molar-refractivity contribution in [2.75, 3.05) is 13.1 Å². The third-order valence-corrected chi connectivity index (χ3v) is 4.22. The molecule has 0 amide bonds. The quantitative estimate of drug-likeness (QED) is 0.928. The molecule has 0 aliphatic carbocycles. The molecule has 0 aromatic heterocycles. The Balaban J connectivity index is 2.29. The van der Waals surface area contributed by atoms with Gasteiger partial charge in [-0.1, -0.05) is 35.0 Å². The zero-order valence-corrected chi connectivity index (χ0v) is 12.2. The van der Waals surface area contributed by atoms with Gasteiger partial charge in [-0.25, -0.2) is 0 Å². The number of aryl methyl sites for hydroxylation is 1. The normalized spacial score (nSPS) is 25.4. The van der Waals surface area contributed by atoms with Crippen LogP contribution in [0.2, 0.25) is 0 Å². The standard InChI is InChI=1S/C14H21BrN2/c1-3-7-17-8-6-13(16)14(17)11-5-4-10(2)9-12(11)15/h4-5,9,13-14H,3,6-8,16H2,1-2H3. The van der Waals surface area contributed by atoms with Crippen molar-refractivity contribution >= 4 is 15.9 Å². The second kappa shape index (κ2) is 5.51.